The first-order chi connectivity index (χ1) is 9.18. The van der Waals surface area contributed by atoms with Crippen molar-refractivity contribution in [3.8, 4) is 0 Å². The fourth-order valence-electron chi connectivity index (χ4n) is 2.59. The monoisotopic (exact) mass is 308 g/mol. The molecule has 0 saturated heterocycles. The van der Waals surface area contributed by atoms with Gasteiger partial charge >= 0.3 is 16.3 Å². The average Bonchev–Trinajstić information content (AvgIpc) is 2.25. The number of hydrogen-bond acceptors (Lipinski definition) is 5. The van der Waals surface area contributed by atoms with E-state index in [9.17, 15) is 18.3 Å². The zero-order valence-electron chi connectivity index (χ0n) is 12.2. The molecule has 8 heteroatoms. The molecule has 0 aromatic carbocycles. The summed E-state index contributed by atoms with van der Waals surface area (Å²) in [5, 5.41) is 9.53. The van der Waals surface area contributed by atoms with E-state index in [0.717, 1.165) is 12.8 Å². The summed E-state index contributed by atoms with van der Waals surface area (Å²) in [5.41, 5.74) is -0.901. The molecule has 1 rings (SSSR count). The van der Waals surface area contributed by atoms with E-state index in [1.54, 1.807) is 18.6 Å². The highest BCUT2D eigenvalue weighted by molar-refractivity contribution is 7.88. The molecule has 0 aliphatic heterocycles. The molecule has 1 fully saturated rings. The number of rotatable bonds is 5. The van der Waals surface area contributed by atoms with Crippen LogP contribution < -0.4 is 9.44 Å². The summed E-state index contributed by atoms with van der Waals surface area (Å²) in [6, 6.07) is 0. The van der Waals surface area contributed by atoms with Crippen LogP contribution in [0.5, 0.6) is 0 Å². The highest BCUT2D eigenvalue weighted by Gasteiger charge is 2.38. The summed E-state index contributed by atoms with van der Waals surface area (Å²) in [5.74, 6) is 0.321. The Bertz CT molecular complexity index is 437. The molecule has 2 unspecified atom stereocenters. The molecule has 0 aromatic heterocycles. The van der Waals surface area contributed by atoms with Crippen molar-refractivity contribution in [3.63, 3.8) is 0 Å². The number of ether oxygens (including phenoxy) is 1. The maximum atomic E-state index is 11.9. The van der Waals surface area contributed by atoms with Gasteiger partial charge in [0.25, 0.3) is 0 Å². The van der Waals surface area contributed by atoms with Gasteiger partial charge in [-0.15, -0.1) is 0 Å². The first-order valence-electron chi connectivity index (χ1n) is 6.81. The van der Waals surface area contributed by atoms with E-state index in [4.69, 9.17) is 4.74 Å². The van der Waals surface area contributed by atoms with Crippen molar-refractivity contribution >= 4 is 16.3 Å². The van der Waals surface area contributed by atoms with E-state index in [1.165, 1.54) is 0 Å². The van der Waals surface area contributed by atoms with Crippen molar-refractivity contribution < 1.29 is 23.1 Å². The molecule has 0 heterocycles. The smallest absolute Gasteiger partial charge is 0.422 e. The van der Waals surface area contributed by atoms with Crippen LogP contribution in [0.4, 0.5) is 4.79 Å². The zero-order chi connectivity index (χ0) is 15.4. The Morgan fingerprint density at radius 3 is 2.65 bits per heavy atom. The minimum Gasteiger partial charge on any atom is -0.446 e. The maximum absolute atomic E-state index is 11.9. The molecule has 0 radical (unpaired) electrons. The van der Waals surface area contributed by atoms with Gasteiger partial charge in [-0.25, -0.2) is 9.52 Å². The second-order valence-corrected chi connectivity index (χ2v) is 7.22. The number of aliphatic hydroxyl groups excluding tert-OH is 1. The SMILES string of the molecule is CC1CCCC(CO)(NS(=O)(=O)NC(=O)OC(C)C)C1. The largest absolute Gasteiger partial charge is 0.446 e. The minimum absolute atomic E-state index is 0.294. The molecule has 1 saturated carbocycles. The molecule has 1 aliphatic rings. The van der Waals surface area contributed by atoms with Crippen molar-refractivity contribution in [2.24, 2.45) is 5.92 Å². The Morgan fingerprint density at radius 2 is 2.15 bits per heavy atom. The standard InChI is InChI=1S/C12H24N2O5S/c1-9(2)19-11(16)13-20(17,18)14-12(8-15)6-4-5-10(3)7-12/h9-10,14-15H,4-8H2,1-3H3,(H,13,16). The number of hydrogen-bond donors (Lipinski definition) is 3. The minimum atomic E-state index is -4.05. The van der Waals surface area contributed by atoms with Crippen molar-refractivity contribution in [2.75, 3.05) is 6.61 Å². The Labute approximate surface area is 120 Å². The summed E-state index contributed by atoms with van der Waals surface area (Å²) in [6.45, 7) is 4.96. The summed E-state index contributed by atoms with van der Waals surface area (Å²) in [6.07, 6.45) is 1.50. The van der Waals surface area contributed by atoms with Crippen LogP contribution in [0.3, 0.4) is 0 Å². The van der Waals surface area contributed by atoms with Crippen LogP contribution in [0.15, 0.2) is 0 Å². The summed E-state index contributed by atoms with van der Waals surface area (Å²) in [7, 11) is -4.05. The van der Waals surface area contributed by atoms with Gasteiger partial charge in [-0.1, -0.05) is 19.8 Å². The molecule has 1 amide bonds. The van der Waals surface area contributed by atoms with E-state index < -0.39 is 27.9 Å². The maximum Gasteiger partial charge on any atom is 0.422 e. The van der Waals surface area contributed by atoms with Crippen LogP contribution in [0.2, 0.25) is 0 Å². The highest BCUT2D eigenvalue weighted by atomic mass is 32.2. The number of carbonyl (C=O) groups is 1. The number of carbonyl (C=O) groups excluding carboxylic acids is 1. The second kappa shape index (κ2) is 6.73. The Kier molecular flexibility index (Phi) is 5.79. The lowest BCUT2D eigenvalue weighted by Gasteiger charge is -2.38. The molecule has 7 nitrogen and oxygen atoms in total. The van der Waals surface area contributed by atoms with Crippen molar-refractivity contribution in [2.45, 2.75) is 58.1 Å². The third kappa shape index (κ3) is 5.26. The van der Waals surface area contributed by atoms with Gasteiger partial charge in [0, 0.05) is 0 Å². The van der Waals surface area contributed by atoms with E-state index in [0.29, 0.717) is 18.8 Å². The van der Waals surface area contributed by atoms with Gasteiger partial charge in [-0.2, -0.15) is 13.1 Å². The summed E-state index contributed by atoms with van der Waals surface area (Å²) < 4.78 is 32.8. The Balaban J connectivity index is 2.70. The molecular weight excluding hydrogens is 284 g/mol. The third-order valence-corrected chi connectivity index (χ3v) is 4.44. The van der Waals surface area contributed by atoms with E-state index >= 15 is 0 Å². The van der Waals surface area contributed by atoms with Gasteiger partial charge in [0.1, 0.15) is 0 Å². The lowest BCUT2D eigenvalue weighted by molar-refractivity contribution is 0.115. The van der Waals surface area contributed by atoms with Crippen molar-refractivity contribution in [3.05, 3.63) is 0 Å². The van der Waals surface area contributed by atoms with E-state index in [-0.39, 0.29) is 6.61 Å². The first-order valence-corrected chi connectivity index (χ1v) is 8.29. The predicted molar refractivity (Wildman–Crippen MR) is 74.3 cm³/mol. The van der Waals surface area contributed by atoms with Gasteiger partial charge in [-0.3, -0.25) is 0 Å². The first kappa shape index (κ1) is 17.2. The highest BCUT2D eigenvalue weighted by Crippen LogP contribution is 2.32. The number of nitrogens with one attached hydrogen (secondary N) is 2. The average molecular weight is 308 g/mol. The molecule has 0 spiro atoms. The molecular formula is C12H24N2O5S. The van der Waals surface area contributed by atoms with Crippen molar-refractivity contribution in [1.82, 2.24) is 9.44 Å². The molecule has 0 bridgehead atoms. The van der Waals surface area contributed by atoms with Crippen LogP contribution in [-0.4, -0.2) is 37.9 Å². The fraction of sp³-hybridized carbons (Fsp3) is 0.917. The molecule has 3 N–H and O–H groups in total. The zero-order valence-corrected chi connectivity index (χ0v) is 13.0. The lowest BCUT2D eigenvalue weighted by Crippen LogP contribution is -2.57. The Hall–Kier alpha value is -0.860. The van der Waals surface area contributed by atoms with E-state index in [2.05, 4.69) is 4.72 Å². The summed E-state index contributed by atoms with van der Waals surface area (Å²) in [4.78, 5) is 11.4. The molecule has 20 heavy (non-hydrogen) atoms. The summed E-state index contributed by atoms with van der Waals surface area (Å²) >= 11 is 0. The molecule has 118 valence electrons. The Morgan fingerprint density at radius 1 is 1.50 bits per heavy atom. The van der Waals surface area contributed by atoms with Crippen LogP contribution in [0.25, 0.3) is 0 Å². The molecule has 0 aromatic rings. The van der Waals surface area contributed by atoms with E-state index in [1.807, 2.05) is 6.92 Å². The predicted octanol–water partition coefficient (Wildman–Crippen LogP) is 0.897. The molecule has 1 aliphatic carbocycles. The second-order valence-electron chi connectivity index (χ2n) is 5.80. The van der Waals surface area contributed by atoms with Crippen LogP contribution in [0, 0.1) is 5.92 Å². The van der Waals surface area contributed by atoms with Gasteiger partial charge in [-0.05, 0) is 32.6 Å². The lowest BCUT2D eigenvalue weighted by atomic mass is 9.78. The molecule has 2 atom stereocenters. The van der Waals surface area contributed by atoms with Gasteiger partial charge in [0.2, 0.25) is 0 Å². The number of amides is 1. The van der Waals surface area contributed by atoms with Crippen LogP contribution in [-0.2, 0) is 14.9 Å². The topological polar surface area (TPSA) is 105 Å². The fourth-order valence-corrected chi connectivity index (χ4v) is 3.73. The van der Waals surface area contributed by atoms with Crippen molar-refractivity contribution in [1.29, 1.82) is 0 Å². The normalized spacial score (nSPS) is 27.4. The quantitative estimate of drug-likeness (QED) is 0.700. The van der Waals surface area contributed by atoms with Crippen LogP contribution in [0.1, 0.15) is 46.5 Å². The van der Waals surface area contributed by atoms with Gasteiger partial charge in [0.05, 0.1) is 18.2 Å². The third-order valence-electron chi connectivity index (χ3n) is 3.31. The van der Waals surface area contributed by atoms with Gasteiger partial charge < -0.3 is 9.84 Å². The van der Waals surface area contributed by atoms with Crippen LogP contribution >= 0.6 is 0 Å². The van der Waals surface area contributed by atoms with Gasteiger partial charge in [0.15, 0.2) is 0 Å². The number of aliphatic hydroxyl groups is 1.